The van der Waals surface area contributed by atoms with Crippen molar-refractivity contribution >= 4 is 40.0 Å². The van der Waals surface area contributed by atoms with Gasteiger partial charge in [-0.2, -0.15) is 5.12 Å². The monoisotopic (exact) mass is 727 g/mol. The molecule has 0 N–H and O–H groups in total. The van der Waals surface area contributed by atoms with Crippen LogP contribution in [-0.4, -0.2) is 18.1 Å². The average molecular weight is 728 g/mol. The summed E-state index contributed by atoms with van der Waals surface area (Å²) in [5.41, 5.74) is 6.04. The minimum Gasteiger partial charge on any atom is -0.457 e. The van der Waals surface area contributed by atoms with Crippen LogP contribution in [0.1, 0.15) is 71.4 Å². The number of ketones is 2. The Morgan fingerprint density at radius 1 is 0.745 bits per heavy atom. The molecule has 0 atom stereocenters. The van der Waals surface area contributed by atoms with Gasteiger partial charge in [0.05, 0.1) is 39.7 Å². The zero-order valence-electron chi connectivity index (χ0n) is 30.8. The maximum absolute atomic E-state index is 17.4. The van der Waals surface area contributed by atoms with Crippen molar-refractivity contribution in [2.45, 2.75) is 39.5 Å². The van der Waals surface area contributed by atoms with Crippen LogP contribution in [0.4, 0.5) is 32.9 Å². The summed E-state index contributed by atoms with van der Waals surface area (Å²) in [4.78, 5) is 33.1. The third kappa shape index (κ3) is 5.91. The van der Waals surface area contributed by atoms with E-state index in [2.05, 4.69) is 17.1 Å². The van der Waals surface area contributed by atoms with Crippen molar-refractivity contribution in [2.24, 2.45) is 0 Å². The molecule has 55 heavy (non-hydrogen) atoms. The summed E-state index contributed by atoms with van der Waals surface area (Å²) in [7, 11) is 0. The summed E-state index contributed by atoms with van der Waals surface area (Å²) >= 11 is 0. The highest BCUT2D eigenvalue weighted by atomic mass is 19.2. The maximum Gasteiger partial charge on any atom is 0.195 e. The van der Waals surface area contributed by atoms with Crippen molar-refractivity contribution < 1.29 is 23.5 Å². The zero-order valence-corrected chi connectivity index (χ0v) is 30.8. The molecule has 5 aromatic rings. The van der Waals surface area contributed by atoms with Gasteiger partial charge in [0, 0.05) is 35.4 Å². The highest BCUT2D eigenvalue weighted by molar-refractivity contribution is 6.17. The molecule has 0 amide bonds. The molecule has 1 aliphatic carbocycles. The molecule has 3 aliphatic heterocycles. The van der Waals surface area contributed by atoms with Crippen LogP contribution >= 0.6 is 0 Å². The summed E-state index contributed by atoms with van der Waals surface area (Å²) in [6, 6.07) is 33.6. The highest BCUT2D eigenvalue weighted by Crippen LogP contribution is 2.51. The number of halogens is 1. The van der Waals surface area contributed by atoms with Gasteiger partial charge in [-0.1, -0.05) is 66.9 Å². The van der Waals surface area contributed by atoms with Crippen LogP contribution in [0, 0.1) is 0 Å². The Hall–Kier alpha value is -6.67. The third-order valence-corrected chi connectivity index (χ3v) is 10.6. The molecule has 0 saturated carbocycles. The Morgan fingerprint density at radius 3 is 2.07 bits per heavy atom. The molecule has 9 rings (SSSR count). The summed E-state index contributed by atoms with van der Waals surface area (Å²) in [6.07, 6.45) is 9.35. The van der Waals surface area contributed by atoms with E-state index >= 15 is 4.48 Å². The number of carbonyl (C=O) groups excluding carboxylic acids is 2. The minimum absolute atomic E-state index is 0.0331. The van der Waals surface area contributed by atoms with Crippen LogP contribution in [0.25, 0.3) is 0 Å². The van der Waals surface area contributed by atoms with Gasteiger partial charge in [-0.3, -0.25) is 9.59 Å². The van der Waals surface area contributed by atoms with Crippen molar-refractivity contribution in [3.8, 4) is 17.2 Å². The van der Waals surface area contributed by atoms with Crippen molar-refractivity contribution in [3.05, 3.63) is 178 Å². The van der Waals surface area contributed by atoms with E-state index in [-0.39, 0.29) is 40.0 Å². The molecule has 0 unspecified atom stereocenters. The van der Waals surface area contributed by atoms with Gasteiger partial charge in [0.25, 0.3) is 0 Å². The summed E-state index contributed by atoms with van der Waals surface area (Å²) < 4.78 is 29.9. The first-order valence-corrected chi connectivity index (χ1v) is 18.6. The number of fused-ring (bicyclic) bond motifs is 6. The molecule has 4 aliphatic rings. The lowest BCUT2D eigenvalue weighted by molar-refractivity contribution is 0.103. The molecule has 7 nitrogen and oxygen atoms in total. The maximum atomic E-state index is 17.4. The van der Waals surface area contributed by atoms with Gasteiger partial charge in [-0.15, -0.1) is 0 Å². The normalized spacial score (nSPS) is 17.4. The molecule has 0 fully saturated rings. The molecule has 2 bridgehead atoms. The predicted octanol–water partition coefficient (Wildman–Crippen LogP) is 11.8. The molecule has 0 aromatic heterocycles. The number of hydrogen-bond donors (Lipinski definition) is 0. The smallest absolute Gasteiger partial charge is 0.195 e. The minimum atomic E-state index is -0.387. The number of rotatable bonds is 5. The number of allylic oxidation sites excluding steroid dienone is 5. The zero-order chi connectivity index (χ0) is 37.8. The quantitative estimate of drug-likeness (QED) is 0.164. The Morgan fingerprint density at radius 2 is 1.38 bits per heavy atom. The first-order chi connectivity index (χ1) is 26.8. The Bertz CT molecular complexity index is 2500. The molecule has 0 spiro atoms. The fraction of sp³-hybridized carbons (Fsp3) is 0.149. The lowest BCUT2D eigenvalue weighted by Gasteiger charge is -2.34. The first kappa shape index (κ1) is 34.1. The van der Waals surface area contributed by atoms with Crippen LogP contribution in [0.3, 0.4) is 0 Å². The van der Waals surface area contributed by atoms with Crippen molar-refractivity contribution in [1.29, 1.82) is 0 Å². The molecule has 0 saturated heterocycles. The summed E-state index contributed by atoms with van der Waals surface area (Å²) in [6.45, 7) is 6.07. The molecule has 3 heterocycles. The van der Waals surface area contributed by atoms with Gasteiger partial charge in [0.1, 0.15) is 5.76 Å². The third-order valence-electron chi connectivity index (χ3n) is 10.6. The van der Waals surface area contributed by atoms with E-state index < -0.39 is 0 Å². The second kappa shape index (κ2) is 13.6. The van der Waals surface area contributed by atoms with Crippen LogP contribution in [-0.2, 0) is 0 Å². The topological polar surface area (TPSA) is 62.3 Å². The molecule has 272 valence electrons. The Balaban J connectivity index is 1.18. The van der Waals surface area contributed by atoms with Crippen LogP contribution in [0.2, 0.25) is 0 Å². The predicted molar refractivity (Wildman–Crippen MR) is 215 cm³/mol. The van der Waals surface area contributed by atoms with Crippen LogP contribution < -0.4 is 24.4 Å². The van der Waals surface area contributed by atoms with Crippen LogP contribution in [0.15, 0.2) is 156 Å². The average Bonchev–Trinajstić information content (AvgIpc) is 3.22. The lowest BCUT2D eigenvalue weighted by atomic mass is 9.89. The Kier molecular flexibility index (Phi) is 8.46. The number of hydrogen-bond acceptors (Lipinski definition) is 7. The number of carbonyl (C=O) groups is 2. The first-order valence-electron chi connectivity index (χ1n) is 18.6. The van der Waals surface area contributed by atoms with Crippen LogP contribution in [0.5, 0.6) is 17.2 Å². The summed E-state index contributed by atoms with van der Waals surface area (Å²) in [5, 5.41) is 0.482. The Labute approximate surface area is 319 Å². The van der Waals surface area contributed by atoms with E-state index in [1.807, 2.05) is 110 Å². The second-order valence-corrected chi connectivity index (χ2v) is 14.4. The fourth-order valence-electron chi connectivity index (χ4n) is 7.67. The number of benzene rings is 5. The molecule has 5 aromatic carbocycles. The van der Waals surface area contributed by atoms with Gasteiger partial charge in [0.15, 0.2) is 28.8 Å². The summed E-state index contributed by atoms with van der Waals surface area (Å²) in [5.74, 6) is 2.28. The van der Waals surface area contributed by atoms with Crippen molar-refractivity contribution in [2.75, 3.05) is 21.5 Å². The standard InChI is InChI=1S/C47H38FN3O4/c1-29(2)31-25-32-27-33(26-31)47(53)35-28-34(50-40-15-6-10-20-44(40)55-45-21-11-7-16-41(45)50)22-23-37(35)51(48)36(30(3)46(32)52)17-12-24-49-38-13-4-8-18-42(38)54-43-19-9-5-14-39(43)49/h4-8,10-18,20-23,25-29H,9,19,24H2,1-3H3/b17-12-,36-30-. The van der Waals surface area contributed by atoms with Gasteiger partial charge in [-0.05, 0) is 110 Å². The van der Waals surface area contributed by atoms with E-state index in [4.69, 9.17) is 9.47 Å². The number of ether oxygens (including phenoxy) is 2. The lowest BCUT2D eigenvalue weighted by Crippen LogP contribution is -2.29. The molecular weight excluding hydrogens is 690 g/mol. The van der Waals surface area contributed by atoms with Gasteiger partial charge in [-0.25, -0.2) is 0 Å². The number of Topliss-reactive ketones (excluding diaryl/α,β-unsaturated/α-hetero) is 1. The van der Waals surface area contributed by atoms with E-state index in [0.717, 1.165) is 52.7 Å². The van der Waals surface area contributed by atoms with Gasteiger partial charge < -0.3 is 19.3 Å². The largest absolute Gasteiger partial charge is 0.457 e. The number of nitrogens with zero attached hydrogens (tertiary/aromatic N) is 3. The van der Waals surface area contributed by atoms with E-state index in [1.54, 1.807) is 37.3 Å². The van der Waals surface area contributed by atoms with E-state index in [0.29, 0.717) is 40.0 Å². The number of para-hydroxylation sites is 6. The fourth-order valence-corrected chi connectivity index (χ4v) is 7.67. The van der Waals surface area contributed by atoms with E-state index in [1.165, 1.54) is 0 Å². The van der Waals surface area contributed by atoms with Gasteiger partial charge >= 0.3 is 0 Å². The SMILES string of the molecule is C/C1=C(\C=C/CN2C3=C(CCC=C3)Oc3ccccc32)N(F)c2ccc(N3c4ccccc4Oc4ccccc43)cc2C(=O)c2cc(cc(C(C)C)c2)C1=O. The highest BCUT2D eigenvalue weighted by Gasteiger charge is 2.31. The molecule has 8 heteroatoms. The molecular formula is C47H38FN3O4. The molecule has 0 radical (unpaired) electrons. The van der Waals surface area contributed by atoms with Gasteiger partial charge in [0.2, 0.25) is 0 Å². The van der Waals surface area contributed by atoms with Crippen molar-refractivity contribution in [3.63, 3.8) is 0 Å². The van der Waals surface area contributed by atoms with Crippen molar-refractivity contribution in [1.82, 2.24) is 0 Å². The second-order valence-electron chi connectivity index (χ2n) is 14.4. The number of anilines is 5. The van der Waals surface area contributed by atoms with E-state index in [9.17, 15) is 9.59 Å².